The van der Waals surface area contributed by atoms with E-state index in [2.05, 4.69) is 43.1 Å². The first-order valence-electron chi connectivity index (χ1n) is 8.59. The van der Waals surface area contributed by atoms with Gasteiger partial charge in [0.2, 0.25) is 5.91 Å². The Balaban J connectivity index is 1.83. The molecule has 0 spiro atoms. The van der Waals surface area contributed by atoms with Crippen molar-refractivity contribution in [3.05, 3.63) is 70.4 Å². The number of aryl methyl sites for hydroxylation is 1. The number of likely N-dealkylation sites (N-methyl/N-ethyl adjacent to an activating group) is 1. The lowest BCUT2D eigenvalue weighted by molar-refractivity contribution is 0.0905. The first-order valence-corrected chi connectivity index (χ1v) is 8.59. The molecule has 0 bridgehead atoms. The van der Waals surface area contributed by atoms with Gasteiger partial charge in [0, 0.05) is 30.6 Å². The van der Waals surface area contributed by atoms with E-state index in [-0.39, 0.29) is 11.8 Å². The SMILES string of the molecule is Cc1cc2c3c(c1)c1c(n3C(=O)C2c2ccccc2)CCN(C)C1. The van der Waals surface area contributed by atoms with E-state index in [9.17, 15) is 4.79 Å². The van der Waals surface area contributed by atoms with Crippen LogP contribution in [0.4, 0.5) is 0 Å². The number of benzene rings is 2. The highest BCUT2D eigenvalue weighted by Crippen LogP contribution is 2.44. The van der Waals surface area contributed by atoms with Crippen molar-refractivity contribution in [3.8, 4) is 0 Å². The van der Waals surface area contributed by atoms with Crippen LogP contribution in [0.1, 0.15) is 38.7 Å². The Morgan fingerprint density at radius 3 is 2.71 bits per heavy atom. The molecule has 0 fully saturated rings. The Kier molecular flexibility index (Phi) is 2.80. The van der Waals surface area contributed by atoms with Crippen LogP contribution in [0.15, 0.2) is 42.5 Å². The Labute approximate surface area is 141 Å². The van der Waals surface area contributed by atoms with Crippen molar-refractivity contribution in [2.24, 2.45) is 0 Å². The van der Waals surface area contributed by atoms with Crippen molar-refractivity contribution in [2.75, 3.05) is 13.6 Å². The predicted molar refractivity (Wildman–Crippen MR) is 95.6 cm³/mol. The minimum absolute atomic E-state index is 0.159. The smallest absolute Gasteiger partial charge is 0.243 e. The maximum absolute atomic E-state index is 13.4. The van der Waals surface area contributed by atoms with Gasteiger partial charge in [-0.3, -0.25) is 9.36 Å². The molecular formula is C21H20N2O. The van der Waals surface area contributed by atoms with E-state index in [0.29, 0.717) is 0 Å². The fraction of sp³-hybridized carbons (Fsp3) is 0.286. The van der Waals surface area contributed by atoms with Crippen molar-refractivity contribution in [2.45, 2.75) is 25.8 Å². The van der Waals surface area contributed by atoms with Crippen molar-refractivity contribution in [1.82, 2.24) is 9.47 Å². The number of nitrogens with zero attached hydrogens (tertiary/aromatic N) is 2. The summed E-state index contributed by atoms with van der Waals surface area (Å²) < 4.78 is 2.03. The third-order valence-electron chi connectivity index (χ3n) is 5.52. The lowest BCUT2D eigenvalue weighted by Crippen LogP contribution is -2.29. The Bertz CT molecular complexity index is 984. The van der Waals surface area contributed by atoms with E-state index < -0.39 is 0 Å². The molecule has 3 heterocycles. The lowest BCUT2D eigenvalue weighted by Gasteiger charge is -2.24. The zero-order chi connectivity index (χ0) is 16.4. The fourth-order valence-electron chi connectivity index (χ4n) is 4.49. The Morgan fingerprint density at radius 2 is 1.92 bits per heavy atom. The quantitative estimate of drug-likeness (QED) is 0.683. The number of hydrogen-bond acceptors (Lipinski definition) is 2. The van der Waals surface area contributed by atoms with E-state index in [4.69, 9.17) is 0 Å². The van der Waals surface area contributed by atoms with Crippen LogP contribution in [0, 0.1) is 6.92 Å². The van der Waals surface area contributed by atoms with Crippen LogP contribution in [0.3, 0.4) is 0 Å². The monoisotopic (exact) mass is 316 g/mol. The van der Waals surface area contributed by atoms with Gasteiger partial charge in [-0.05, 0) is 36.7 Å². The highest BCUT2D eigenvalue weighted by Gasteiger charge is 2.38. The second-order valence-electron chi connectivity index (χ2n) is 7.18. The fourth-order valence-corrected chi connectivity index (χ4v) is 4.49. The molecule has 0 N–H and O–H groups in total. The molecule has 0 amide bonds. The average Bonchev–Trinajstić information content (AvgIpc) is 3.04. The summed E-state index contributed by atoms with van der Waals surface area (Å²) in [5.74, 6) is 0.0613. The van der Waals surface area contributed by atoms with Crippen molar-refractivity contribution < 1.29 is 4.79 Å². The molecule has 3 nitrogen and oxygen atoms in total. The van der Waals surface area contributed by atoms with Gasteiger partial charge < -0.3 is 4.90 Å². The molecule has 0 radical (unpaired) electrons. The molecule has 120 valence electrons. The molecule has 1 unspecified atom stereocenters. The molecule has 0 saturated carbocycles. The summed E-state index contributed by atoms with van der Waals surface area (Å²) in [6.45, 7) is 4.09. The van der Waals surface area contributed by atoms with E-state index in [1.54, 1.807) is 0 Å². The lowest BCUT2D eigenvalue weighted by atomic mass is 9.89. The zero-order valence-corrected chi connectivity index (χ0v) is 14.0. The second-order valence-corrected chi connectivity index (χ2v) is 7.18. The number of carbonyl (C=O) groups excluding carboxylic acids is 1. The molecule has 24 heavy (non-hydrogen) atoms. The number of hydrogen-bond donors (Lipinski definition) is 0. The summed E-state index contributed by atoms with van der Waals surface area (Å²) in [5.41, 5.74) is 7.25. The van der Waals surface area contributed by atoms with Crippen LogP contribution in [0.5, 0.6) is 0 Å². The molecular weight excluding hydrogens is 296 g/mol. The van der Waals surface area contributed by atoms with Crippen molar-refractivity contribution in [1.29, 1.82) is 0 Å². The van der Waals surface area contributed by atoms with Crippen LogP contribution in [-0.4, -0.2) is 29.0 Å². The molecule has 0 aliphatic carbocycles. The second kappa shape index (κ2) is 4.81. The molecule has 0 saturated heterocycles. The average molecular weight is 316 g/mol. The van der Waals surface area contributed by atoms with Crippen LogP contribution in [0.2, 0.25) is 0 Å². The molecule has 3 aromatic rings. The largest absolute Gasteiger partial charge is 0.302 e. The van der Waals surface area contributed by atoms with E-state index in [1.807, 2.05) is 22.8 Å². The summed E-state index contributed by atoms with van der Waals surface area (Å²) >= 11 is 0. The number of carbonyl (C=O) groups is 1. The van der Waals surface area contributed by atoms with Gasteiger partial charge in [-0.2, -0.15) is 0 Å². The van der Waals surface area contributed by atoms with Gasteiger partial charge in [0.25, 0.3) is 0 Å². The normalized spacial score (nSPS) is 19.9. The van der Waals surface area contributed by atoms with Crippen molar-refractivity contribution >= 4 is 16.8 Å². The number of rotatable bonds is 1. The first-order chi connectivity index (χ1) is 11.6. The predicted octanol–water partition coefficient (Wildman–Crippen LogP) is 3.72. The first kappa shape index (κ1) is 14.0. The minimum atomic E-state index is -0.159. The van der Waals surface area contributed by atoms with Gasteiger partial charge in [0.15, 0.2) is 0 Å². The molecule has 2 aliphatic rings. The zero-order valence-electron chi connectivity index (χ0n) is 14.0. The number of aromatic nitrogens is 1. The summed E-state index contributed by atoms with van der Waals surface area (Å²) in [7, 11) is 2.16. The van der Waals surface area contributed by atoms with E-state index in [1.165, 1.54) is 27.8 Å². The standard InChI is InChI=1S/C21H20N2O/c1-13-10-15-17-12-22(2)9-8-18(17)23-20(15)16(11-13)19(21(23)24)14-6-4-3-5-7-14/h3-7,10-11,19H,8-9,12H2,1-2H3. The Morgan fingerprint density at radius 1 is 1.12 bits per heavy atom. The van der Waals surface area contributed by atoms with Gasteiger partial charge in [-0.15, -0.1) is 0 Å². The number of fused-ring (bicyclic) bond motifs is 3. The third kappa shape index (κ3) is 1.73. The highest BCUT2D eigenvalue weighted by molar-refractivity contribution is 6.08. The molecule has 2 aliphatic heterocycles. The van der Waals surface area contributed by atoms with E-state index >= 15 is 0 Å². The minimum Gasteiger partial charge on any atom is -0.302 e. The van der Waals surface area contributed by atoms with Crippen molar-refractivity contribution in [3.63, 3.8) is 0 Å². The van der Waals surface area contributed by atoms with Gasteiger partial charge >= 0.3 is 0 Å². The summed E-state index contributed by atoms with van der Waals surface area (Å²) in [6, 6.07) is 14.7. The highest BCUT2D eigenvalue weighted by atomic mass is 16.2. The van der Waals surface area contributed by atoms with Crippen LogP contribution in [0.25, 0.3) is 10.9 Å². The van der Waals surface area contributed by atoms with Crippen LogP contribution >= 0.6 is 0 Å². The van der Waals surface area contributed by atoms with Crippen LogP contribution < -0.4 is 0 Å². The third-order valence-corrected chi connectivity index (χ3v) is 5.52. The molecule has 3 heteroatoms. The summed E-state index contributed by atoms with van der Waals surface area (Å²) in [6.07, 6.45) is 0.951. The molecule has 5 rings (SSSR count). The maximum atomic E-state index is 13.4. The molecule has 1 aromatic heterocycles. The van der Waals surface area contributed by atoms with E-state index in [0.717, 1.165) is 30.6 Å². The molecule has 2 aromatic carbocycles. The Hall–Kier alpha value is -2.39. The van der Waals surface area contributed by atoms with Gasteiger partial charge in [-0.25, -0.2) is 0 Å². The van der Waals surface area contributed by atoms with Gasteiger partial charge in [-0.1, -0.05) is 42.0 Å². The maximum Gasteiger partial charge on any atom is 0.243 e. The topological polar surface area (TPSA) is 25.2 Å². The summed E-state index contributed by atoms with van der Waals surface area (Å²) in [4.78, 5) is 15.7. The molecule has 1 atom stereocenters. The van der Waals surface area contributed by atoms with Gasteiger partial charge in [0.05, 0.1) is 11.4 Å². The van der Waals surface area contributed by atoms with Gasteiger partial charge in [0.1, 0.15) is 0 Å². The summed E-state index contributed by atoms with van der Waals surface area (Å²) in [5, 5.41) is 1.28. The van der Waals surface area contributed by atoms with Crippen LogP contribution in [-0.2, 0) is 13.0 Å².